The molecule has 2 atom stereocenters. The Balaban J connectivity index is 1.76. The van der Waals surface area contributed by atoms with Crippen molar-refractivity contribution in [1.82, 2.24) is 10.3 Å². The molecule has 19 heavy (non-hydrogen) atoms. The highest BCUT2D eigenvalue weighted by Gasteiger charge is 2.32. The summed E-state index contributed by atoms with van der Waals surface area (Å²) in [6, 6.07) is 0.357. The molecule has 1 amide bonds. The van der Waals surface area contributed by atoms with Crippen LogP contribution in [0.4, 0.5) is 0 Å². The lowest BCUT2D eigenvalue weighted by atomic mass is 9.70. The second-order valence-electron chi connectivity index (χ2n) is 6.54. The van der Waals surface area contributed by atoms with E-state index in [1.165, 1.54) is 12.8 Å². The summed E-state index contributed by atoms with van der Waals surface area (Å²) in [6.07, 6.45) is 4.81. The highest BCUT2D eigenvalue weighted by molar-refractivity contribution is 7.07. The van der Waals surface area contributed by atoms with Gasteiger partial charge in [0.1, 0.15) is 0 Å². The van der Waals surface area contributed by atoms with Gasteiger partial charge in [0.25, 0.3) is 0 Å². The van der Waals surface area contributed by atoms with Crippen LogP contribution in [0.1, 0.15) is 52.1 Å². The summed E-state index contributed by atoms with van der Waals surface area (Å²) in [5.41, 5.74) is 3.28. The largest absolute Gasteiger partial charge is 0.353 e. The molecule has 0 bridgehead atoms. The van der Waals surface area contributed by atoms with Gasteiger partial charge >= 0.3 is 0 Å². The molecule has 1 aromatic rings. The maximum Gasteiger partial charge on any atom is 0.220 e. The van der Waals surface area contributed by atoms with Gasteiger partial charge in [-0.2, -0.15) is 0 Å². The lowest BCUT2D eigenvalue weighted by Gasteiger charge is -2.39. The summed E-state index contributed by atoms with van der Waals surface area (Å²) < 4.78 is 0. The molecule has 1 heterocycles. The van der Waals surface area contributed by atoms with Crippen molar-refractivity contribution in [3.8, 4) is 0 Å². The van der Waals surface area contributed by atoms with E-state index in [1.54, 1.807) is 11.3 Å². The van der Waals surface area contributed by atoms with Gasteiger partial charge in [-0.1, -0.05) is 20.8 Å². The van der Waals surface area contributed by atoms with Crippen molar-refractivity contribution in [3.63, 3.8) is 0 Å². The first-order valence-corrected chi connectivity index (χ1v) is 8.07. The first-order chi connectivity index (χ1) is 8.96. The normalized spacial score (nSPS) is 26.1. The second kappa shape index (κ2) is 6.04. The van der Waals surface area contributed by atoms with Crippen molar-refractivity contribution in [2.45, 2.75) is 58.9 Å². The monoisotopic (exact) mass is 280 g/mol. The third-order valence-electron chi connectivity index (χ3n) is 4.13. The van der Waals surface area contributed by atoms with E-state index < -0.39 is 0 Å². The maximum atomic E-state index is 12.0. The Hall–Kier alpha value is -0.900. The summed E-state index contributed by atoms with van der Waals surface area (Å²) in [5, 5.41) is 5.22. The Kier molecular flexibility index (Phi) is 4.61. The Bertz CT molecular complexity index is 414. The molecule has 2 rings (SSSR count). The first kappa shape index (κ1) is 14.5. The van der Waals surface area contributed by atoms with Crippen LogP contribution < -0.4 is 5.32 Å². The van der Waals surface area contributed by atoms with E-state index in [-0.39, 0.29) is 5.91 Å². The first-order valence-electron chi connectivity index (χ1n) is 7.13. The summed E-state index contributed by atoms with van der Waals surface area (Å²) in [6.45, 7) is 6.90. The molecule has 0 saturated heterocycles. The van der Waals surface area contributed by atoms with Crippen molar-refractivity contribution < 1.29 is 4.79 Å². The third kappa shape index (κ3) is 4.30. The quantitative estimate of drug-likeness (QED) is 0.918. The van der Waals surface area contributed by atoms with Crippen molar-refractivity contribution in [2.75, 3.05) is 0 Å². The average Bonchev–Trinajstić information content (AvgIpc) is 2.83. The Morgan fingerprint density at radius 1 is 1.58 bits per heavy atom. The lowest BCUT2D eigenvalue weighted by Crippen LogP contribution is -2.44. The number of aromatic nitrogens is 1. The molecule has 0 radical (unpaired) electrons. The molecular weight excluding hydrogens is 256 g/mol. The zero-order valence-electron chi connectivity index (χ0n) is 12.1. The third-order valence-corrected chi connectivity index (χ3v) is 4.77. The van der Waals surface area contributed by atoms with Crippen LogP contribution in [0, 0.1) is 11.3 Å². The van der Waals surface area contributed by atoms with Gasteiger partial charge in [-0.25, -0.2) is 4.98 Å². The number of hydrogen-bond acceptors (Lipinski definition) is 3. The van der Waals surface area contributed by atoms with E-state index in [0.717, 1.165) is 18.5 Å². The number of carbonyl (C=O) groups excluding carboxylic acids is 1. The highest BCUT2D eigenvalue weighted by atomic mass is 32.1. The molecule has 4 heteroatoms. The van der Waals surface area contributed by atoms with Gasteiger partial charge in [-0.05, 0) is 37.0 Å². The van der Waals surface area contributed by atoms with Gasteiger partial charge in [-0.3, -0.25) is 4.79 Å². The van der Waals surface area contributed by atoms with Crippen LogP contribution in [0.15, 0.2) is 10.9 Å². The number of aryl methyl sites for hydroxylation is 1. The van der Waals surface area contributed by atoms with Crippen molar-refractivity contribution in [2.24, 2.45) is 11.3 Å². The standard InChI is InChI=1S/C15H24N2OS/c1-11-8-15(2,3)7-6-13(11)17-14(18)5-4-12-9-19-10-16-12/h9-11,13H,4-8H2,1-3H3,(H,17,18)/t11-,13-/m1/s1. The molecule has 106 valence electrons. The van der Waals surface area contributed by atoms with E-state index in [9.17, 15) is 4.79 Å². The predicted octanol–water partition coefficient (Wildman–Crippen LogP) is 3.41. The zero-order valence-corrected chi connectivity index (χ0v) is 12.9. The minimum Gasteiger partial charge on any atom is -0.353 e. The molecule has 1 N–H and O–H groups in total. The van der Waals surface area contributed by atoms with Crippen molar-refractivity contribution in [3.05, 3.63) is 16.6 Å². The molecule has 0 aliphatic heterocycles. The van der Waals surface area contributed by atoms with Crippen LogP contribution in [0.2, 0.25) is 0 Å². The van der Waals surface area contributed by atoms with Crippen LogP contribution >= 0.6 is 11.3 Å². The highest BCUT2D eigenvalue weighted by Crippen LogP contribution is 2.38. The van der Waals surface area contributed by atoms with Gasteiger partial charge in [0.05, 0.1) is 11.2 Å². The average molecular weight is 280 g/mol. The Labute approximate surface area is 119 Å². The Morgan fingerprint density at radius 3 is 3.00 bits per heavy atom. The topological polar surface area (TPSA) is 42.0 Å². The fraction of sp³-hybridized carbons (Fsp3) is 0.733. The zero-order chi connectivity index (χ0) is 13.9. The molecular formula is C15H24N2OS. The van der Waals surface area contributed by atoms with Gasteiger partial charge in [-0.15, -0.1) is 11.3 Å². The van der Waals surface area contributed by atoms with Crippen LogP contribution in [0.5, 0.6) is 0 Å². The number of hydrogen-bond donors (Lipinski definition) is 1. The number of nitrogens with zero attached hydrogens (tertiary/aromatic N) is 1. The van der Waals surface area contributed by atoms with Crippen LogP contribution in [-0.4, -0.2) is 16.9 Å². The van der Waals surface area contributed by atoms with Crippen LogP contribution in [-0.2, 0) is 11.2 Å². The maximum absolute atomic E-state index is 12.0. The van der Waals surface area contributed by atoms with Crippen molar-refractivity contribution in [1.29, 1.82) is 0 Å². The molecule has 3 nitrogen and oxygen atoms in total. The molecule has 0 unspecified atom stereocenters. The summed E-state index contributed by atoms with van der Waals surface area (Å²) >= 11 is 1.58. The van der Waals surface area contributed by atoms with Gasteiger partial charge in [0.2, 0.25) is 5.91 Å². The fourth-order valence-electron chi connectivity index (χ4n) is 3.04. The summed E-state index contributed by atoms with van der Waals surface area (Å²) in [4.78, 5) is 16.2. The molecule has 1 fully saturated rings. The van der Waals surface area contributed by atoms with Gasteiger partial charge in [0.15, 0.2) is 0 Å². The fourth-order valence-corrected chi connectivity index (χ4v) is 3.64. The van der Waals surface area contributed by atoms with Crippen LogP contribution in [0.25, 0.3) is 0 Å². The molecule has 0 spiro atoms. The van der Waals surface area contributed by atoms with E-state index >= 15 is 0 Å². The summed E-state index contributed by atoms with van der Waals surface area (Å²) in [7, 11) is 0. The number of nitrogens with one attached hydrogen (secondary N) is 1. The molecule has 1 aromatic heterocycles. The minimum atomic E-state index is 0.171. The van der Waals surface area contributed by atoms with E-state index in [0.29, 0.717) is 23.8 Å². The molecule has 1 saturated carbocycles. The second-order valence-corrected chi connectivity index (χ2v) is 7.26. The molecule has 0 aromatic carbocycles. The number of rotatable bonds is 4. The number of thiazole rings is 1. The lowest BCUT2D eigenvalue weighted by molar-refractivity contribution is -0.122. The molecule has 1 aliphatic rings. The van der Waals surface area contributed by atoms with E-state index in [4.69, 9.17) is 0 Å². The summed E-state index contributed by atoms with van der Waals surface area (Å²) in [5.74, 6) is 0.747. The molecule has 1 aliphatic carbocycles. The predicted molar refractivity (Wildman–Crippen MR) is 79.2 cm³/mol. The van der Waals surface area contributed by atoms with Crippen molar-refractivity contribution >= 4 is 17.2 Å². The Morgan fingerprint density at radius 2 is 2.37 bits per heavy atom. The van der Waals surface area contributed by atoms with Gasteiger partial charge < -0.3 is 5.32 Å². The number of carbonyl (C=O) groups is 1. The van der Waals surface area contributed by atoms with E-state index in [2.05, 4.69) is 31.1 Å². The SMILES string of the molecule is C[C@@H]1CC(C)(C)CC[C@H]1NC(=O)CCc1cscn1. The number of amides is 1. The van der Waals surface area contributed by atoms with Gasteiger partial charge in [0, 0.05) is 17.8 Å². The minimum absolute atomic E-state index is 0.171. The van der Waals surface area contributed by atoms with Crippen LogP contribution in [0.3, 0.4) is 0 Å². The van der Waals surface area contributed by atoms with E-state index in [1.807, 2.05) is 10.9 Å². The smallest absolute Gasteiger partial charge is 0.220 e.